The first-order valence-corrected chi connectivity index (χ1v) is 5.20. The minimum Gasteiger partial charge on any atom is -0.486 e. The van der Waals surface area contributed by atoms with Crippen molar-refractivity contribution in [3.05, 3.63) is 32.8 Å². The average molecular weight is 244 g/mol. The van der Waals surface area contributed by atoms with Crippen LogP contribution in [0.2, 0.25) is 5.02 Å². The Balaban J connectivity index is 2.45. The molecule has 16 heavy (non-hydrogen) atoms. The van der Waals surface area contributed by atoms with E-state index >= 15 is 0 Å². The summed E-state index contributed by atoms with van der Waals surface area (Å²) in [6.07, 6.45) is 0.549. The lowest BCUT2D eigenvalue weighted by molar-refractivity contribution is -0.386. The van der Waals surface area contributed by atoms with Crippen LogP contribution in [0.25, 0.3) is 0 Å². The van der Waals surface area contributed by atoms with Crippen molar-refractivity contribution in [1.29, 1.82) is 0 Å². The smallest absolute Gasteiger partial charge is 0.312 e. The van der Waals surface area contributed by atoms with Gasteiger partial charge in [-0.05, 0) is 12.5 Å². The number of nitro groups is 1. The fourth-order valence-electron chi connectivity index (χ4n) is 1.78. The second-order valence-electron chi connectivity index (χ2n) is 3.73. The zero-order valence-corrected chi connectivity index (χ0v) is 9.11. The number of halogens is 1. The van der Waals surface area contributed by atoms with E-state index in [2.05, 4.69) is 0 Å². The maximum absolute atomic E-state index is 10.8. The van der Waals surface area contributed by atoms with Crippen molar-refractivity contribution in [2.45, 2.75) is 6.42 Å². The fourth-order valence-corrected chi connectivity index (χ4v) is 2.01. The Morgan fingerprint density at radius 1 is 1.62 bits per heavy atom. The number of benzene rings is 1. The van der Waals surface area contributed by atoms with Gasteiger partial charge >= 0.3 is 5.69 Å². The Morgan fingerprint density at radius 2 is 2.38 bits per heavy atom. The molecule has 5 nitrogen and oxygen atoms in total. The summed E-state index contributed by atoms with van der Waals surface area (Å²) < 4.78 is 5.31. The summed E-state index contributed by atoms with van der Waals surface area (Å²) in [7, 11) is 0. The molecule has 86 valence electrons. The Kier molecular flexibility index (Phi) is 2.98. The van der Waals surface area contributed by atoms with E-state index in [1.165, 1.54) is 6.07 Å². The maximum Gasteiger partial charge on any atom is 0.312 e. The van der Waals surface area contributed by atoms with E-state index in [4.69, 9.17) is 21.4 Å². The van der Waals surface area contributed by atoms with E-state index in [1.54, 1.807) is 6.07 Å². The van der Waals surface area contributed by atoms with E-state index in [0.29, 0.717) is 23.6 Å². The molecule has 1 aromatic rings. The van der Waals surface area contributed by atoms with Crippen LogP contribution >= 0.6 is 11.6 Å². The van der Waals surface area contributed by atoms with Crippen LogP contribution in [-0.4, -0.2) is 23.2 Å². The van der Waals surface area contributed by atoms with E-state index in [0.717, 1.165) is 0 Å². The summed E-state index contributed by atoms with van der Waals surface area (Å²) in [5, 5.41) is 20.1. The molecule has 0 aliphatic carbocycles. The Labute approximate surface area is 96.7 Å². The van der Waals surface area contributed by atoms with Gasteiger partial charge in [-0.2, -0.15) is 0 Å². The zero-order chi connectivity index (χ0) is 11.7. The summed E-state index contributed by atoms with van der Waals surface area (Å²) >= 11 is 5.79. The third kappa shape index (κ3) is 1.96. The van der Waals surface area contributed by atoms with E-state index < -0.39 is 4.92 Å². The number of fused-ring (bicyclic) bond motifs is 1. The standard InChI is InChI=1S/C10H10ClNO4/c11-8-2-7-1-6(4-13)5-16-10(7)9(3-8)12(14)15/h2-3,6,13H,1,4-5H2. The molecular formula is C10H10ClNO4. The van der Waals surface area contributed by atoms with Crippen LogP contribution in [0.3, 0.4) is 0 Å². The first-order valence-electron chi connectivity index (χ1n) is 4.82. The lowest BCUT2D eigenvalue weighted by Gasteiger charge is -2.23. The first-order chi connectivity index (χ1) is 7.61. The molecule has 0 amide bonds. The molecule has 0 spiro atoms. The van der Waals surface area contributed by atoms with Crippen LogP contribution in [0.1, 0.15) is 5.56 Å². The van der Waals surface area contributed by atoms with Gasteiger partial charge < -0.3 is 9.84 Å². The SMILES string of the molecule is O=[N+]([O-])c1cc(Cl)cc2c1OCC(CO)C2. The van der Waals surface area contributed by atoms with Crippen LogP contribution in [0.5, 0.6) is 5.75 Å². The quantitative estimate of drug-likeness (QED) is 0.635. The minimum absolute atomic E-state index is 0.000247. The molecule has 0 aromatic heterocycles. The van der Waals surface area contributed by atoms with Gasteiger partial charge in [0.1, 0.15) is 0 Å². The lowest BCUT2D eigenvalue weighted by Crippen LogP contribution is -2.24. The van der Waals surface area contributed by atoms with Gasteiger partial charge in [-0.1, -0.05) is 11.6 Å². The number of aliphatic hydroxyl groups excluding tert-OH is 1. The number of nitrogens with zero attached hydrogens (tertiary/aromatic N) is 1. The fraction of sp³-hybridized carbons (Fsp3) is 0.400. The molecule has 6 heteroatoms. The second-order valence-corrected chi connectivity index (χ2v) is 4.17. The molecule has 0 saturated heterocycles. The molecule has 0 fully saturated rings. The molecule has 2 rings (SSSR count). The molecule has 0 bridgehead atoms. The van der Waals surface area contributed by atoms with Gasteiger partial charge in [0.25, 0.3) is 0 Å². The predicted octanol–water partition coefficient (Wildman–Crippen LogP) is 1.79. The molecule has 1 aliphatic rings. The number of rotatable bonds is 2. The van der Waals surface area contributed by atoms with Crippen LogP contribution in [0.15, 0.2) is 12.1 Å². The number of aliphatic hydroxyl groups is 1. The van der Waals surface area contributed by atoms with Gasteiger partial charge in [-0.15, -0.1) is 0 Å². The average Bonchev–Trinajstić information content (AvgIpc) is 2.26. The van der Waals surface area contributed by atoms with Gasteiger partial charge in [-0.3, -0.25) is 10.1 Å². The summed E-state index contributed by atoms with van der Waals surface area (Å²) in [6.45, 7) is 0.297. The van der Waals surface area contributed by atoms with Crippen molar-refractivity contribution in [2.75, 3.05) is 13.2 Å². The summed E-state index contributed by atoms with van der Waals surface area (Å²) in [5.41, 5.74) is 0.573. The number of hydrogen-bond acceptors (Lipinski definition) is 4. The Morgan fingerprint density at radius 3 is 3.00 bits per heavy atom. The monoisotopic (exact) mass is 243 g/mol. The molecule has 1 unspecified atom stereocenters. The van der Waals surface area contributed by atoms with Gasteiger partial charge in [0.15, 0.2) is 5.75 Å². The summed E-state index contributed by atoms with van der Waals surface area (Å²) in [5.74, 6) is 0.254. The molecular weight excluding hydrogens is 234 g/mol. The largest absolute Gasteiger partial charge is 0.486 e. The van der Waals surface area contributed by atoms with Crippen molar-refractivity contribution in [1.82, 2.24) is 0 Å². The minimum atomic E-state index is -0.510. The van der Waals surface area contributed by atoms with Crippen LogP contribution < -0.4 is 4.74 Å². The van der Waals surface area contributed by atoms with Crippen molar-refractivity contribution in [3.8, 4) is 5.75 Å². The molecule has 0 radical (unpaired) electrons. The molecule has 1 N–H and O–H groups in total. The highest BCUT2D eigenvalue weighted by Gasteiger charge is 2.27. The van der Waals surface area contributed by atoms with Crippen LogP contribution in [-0.2, 0) is 6.42 Å². The van der Waals surface area contributed by atoms with Crippen molar-refractivity contribution < 1.29 is 14.8 Å². The normalized spacial score (nSPS) is 18.8. The third-order valence-corrected chi connectivity index (χ3v) is 2.76. The maximum atomic E-state index is 10.8. The highest BCUT2D eigenvalue weighted by atomic mass is 35.5. The van der Waals surface area contributed by atoms with E-state index in [-0.39, 0.29) is 24.0 Å². The lowest BCUT2D eigenvalue weighted by atomic mass is 9.97. The molecule has 1 atom stereocenters. The van der Waals surface area contributed by atoms with Crippen LogP contribution in [0.4, 0.5) is 5.69 Å². The zero-order valence-electron chi connectivity index (χ0n) is 8.35. The third-order valence-electron chi connectivity index (χ3n) is 2.54. The van der Waals surface area contributed by atoms with Gasteiger partial charge in [-0.25, -0.2) is 0 Å². The summed E-state index contributed by atoms with van der Waals surface area (Å²) in [6, 6.07) is 2.92. The topological polar surface area (TPSA) is 72.6 Å². The van der Waals surface area contributed by atoms with E-state index in [9.17, 15) is 10.1 Å². The predicted molar refractivity (Wildman–Crippen MR) is 57.9 cm³/mol. The number of nitro benzene ring substituents is 1. The first kappa shape index (κ1) is 11.2. The highest BCUT2D eigenvalue weighted by Crippen LogP contribution is 2.38. The highest BCUT2D eigenvalue weighted by molar-refractivity contribution is 6.31. The van der Waals surface area contributed by atoms with Gasteiger partial charge in [0.05, 0.1) is 11.5 Å². The molecule has 1 aromatic carbocycles. The number of ether oxygens (including phenoxy) is 1. The Bertz CT molecular complexity index is 435. The second kappa shape index (κ2) is 4.27. The van der Waals surface area contributed by atoms with Gasteiger partial charge in [0, 0.05) is 29.2 Å². The van der Waals surface area contributed by atoms with Crippen molar-refractivity contribution in [3.63, 3.8) is 0 Å². The molecule has 0 saturated carbocycles. The van der Waals surface area contributed by atoms with E-state index in [1.807, 2.05) is 0 Å². The summed E-state index contributed by atoms with van der Waals surface area (Å²) in [4.78, 5) is 10.3. The van der Waals surface area contributed by atoms with Crippen molar-refractivity contribution >= 4 is 17.3 Å². The van der Waals surface area contributed by atoms with Gasteiger partial charge in [0.2, 0.25) is 0 Å². The van der Waals surface area contributed by atoms with Crippen molar-refractivity contribution in [2.24, 2.45) is 5.92 Å². The van der Waals surface area contributed by atoms with Crippen LogP contribution in [0, 0.1) is 16.0 Å². The molecule has 1 heterocycles. The Hall–Kier alpha value is -1.33. The number of hydrogen-bond donors (Lipinski definition) is 1. The molecule has 1 aliphatic heterocycles.